The second kappa shape index (κ2) is 2.79. The standard InChI is InChI=1S/C8H14N4/c1-11-3-2-4-12-8(11)7(5-9)6-10-12/h6H,2-5,9H2,1H3. The van der Waals surface area contributed by atoms with E-state index in [1.54, 1.807) is 0 Å². The molecule has 1 aromatic heterocycles. The summed E-state index contributed by atoms with van der Waals surface area (Å²) in [5, 5.41) is 4.27. The predicted octanol–water partition coefficient (Wildman–Crippen LogP) is 0.182. The van der Waals surface area contributed by atoms with Crippen molar-refractivity contribution < 1.29 is 0 Å². The Morgan fingerprint density at radius 2 is 2.42 bits per heavy atom. The number of rotatable bonds is 1. The smallest absolute Gasteiger partial charge is 0.131 e. The van der Waals surface area contributed by atoms with Crippen LogP contribution in [0.2, 0.25) is 0 Å². The summed E-state index contributed by atoms with van der Waals surface area (Å²) in [7, 11) is 2.09. The van der Waals surface area contributed by atoms with Gasteiger partial charge in [-0.15, -0.1) is 0 Å². The highest BCUT2D eigenvalue weighted by atomic mass is 15.4. The van der Waals surface area contributed by atoms with E-state index in [0.29, 0.717) is 6.54 Å². The van der Waals surface area contributed by atoms with Gasteiger partial charge in [-0.25, -0.2) is 4.68 Å². The van der Waals surface area contributed by atoms with Crippen LogP contribution in [0.25, 0.3) is 0 Å². The first-order chi connectivity index (χ1) is 5.83. The molecule has 66 valence electrons. The van der Waals surface area contributed by atoms with Crippen molar-refractivity contribution >= 4 is 5.82 Å². The largest absolute Gasteiger partial charge is 0.360 e. The van der Waals surface area contributed by atoms with E-state index in [9.17, 15) is 0 Å². The highest BCUT2D eigenvalue weighted by Gasteiger charge is 2.17. The number of nitrogens with zero attached hydrogens (tertiary/aromatic N) is 3. The van der Waals surface area contributed by atoms with Crippen molar-refractivity contribution in [1.82, 2.24) is 9.78 Å². The average Bonchev–Trinajstić information content (AvgIpc) is 2.49. The van der Waals surface area contributed by atoms with Crippen LogP contribution in [0.5, 0.6) is 0 Å². The van der Waals surface area contributed by atoms with Crippen LogP contribution in [0.1, 0.15) is 12.0 Å². The van der Waals surface area contributed by atoms with Crippen LogP contribution in [-0.2, 0) is 13.1 Å². The molecule has 0 bridgehead atoms. The molecule has 1 aliphatic heterocycles. The number of hydrogen-bond acceptors (Lipinski definition) is 3. The number of fused-ring (bicyclic) bond motifs is 1. The van der Waals surface area contributed by atoms with Crippen molar-refractivity contribution in [2.45, 2.75) is 19.5 Å². The zero-order chi connectivity index (χ0) is 8.55. The summed E-state index contributed by atoms with van der Waals surface area (Å²) < 4.78 is 2.03. The third kappa shape index (κ3) is 0.992. The van der Waals surface area contributed by atoms with Crippen molar-refractivity contribution in [3.05, 3.63) is 11.8 Å². The summed E-state index contributed by atoms with van der Waals surface area (Å²) in [6, 6.07) is 0. The van der Waals surface area contributed by atoms with Gasteiger partial charge in [0.2, 0.25) is 0 Å². The summed E-state index contributed by atoms with van der Waals surface area (Å²) in [5.74, 6) is 1.20. The van der Waals surface area contributed by atoms with E-state index >= 15 is 0 Å². The van der Waals surface area contributed by atoms with E-state index in [4.69, 9.17) is 5.73 Å². The zero-order valence-corrected chi connectivity index (χ0v) is 7.32. The molecule has 4 nitrogen and oxygen atoms in total. The first-order valence-electron chi connectivity index (χ1n) is 4.29. The lowest BCUT2D eigenvalue weighted by Gasteiger charge is -2.26. The van der Waals surface area contributed by atoms with Gasteiger partial charge in [0.1, 0.15) is 5.82 Å². The van der Waals surface area contributed by atoms with Crippen LogP contribution < -0.4 is 10.6 Å². The molecular formula is C8H14N4. The van der Waals surface area contributed by atoms with Crippen LogP contribution in [-0.4, -0.2) is 23.4 Å². The lowest BCUT2D eigenvalue weighted by atomic mass is 10.2. The monoisotopic (exact) mass is 166 g/mol. The summed E-state index contributed by atoms with van der Waals surface area (Å²) in [6.07, 6.45) is 3.05. The maximum atomic E-state index is 5.60. The van der Waals surface area contributed by atoms with Gasteiger partial charge in [0.05, 0.1) is 6.20 Å². The Hall–Kier alpha value is -1.03. The predicted molar refractivity (Wildman–Crippen MR) is 48.0 cm³/mol. The fourth-order valence-corrected chi connectivity index (χ4v) is 1.73. The molecule has 0 atom stereocenters. The lowest BCUT2D eigenvalue weighted by molar-refractivity contribution is 0.532. The minimum atomic E-state index is 0.583. The van der Waals surface area contributed by atoms with Gasteiger partial charge < -0.3 is 10.6 Å². The molecule has 2 N–H and O–H groups in total. The molecule has 0 fully saturated rings. The first-order valence-corrected chi connectivity index (χ1v) is 4.29. The minimum Gasteiger partial charge on any atom is -0.360 e. The molecule has 1 aliphatic rings. The van der Waals surface area contributed by atoms with E-state index in [1.165, 1.54) is 12.2 Å². The summed E-state index contributed by atoms with van der Waals surface area (Å²) in [4.78, 5) is 2.22. The zero-order valence-electron chi connectivity index (χ0n) is 7.32. The Bertz CT molecular complexity index is 265. The van der Waals surface area contributed by atoms with Crippen molar-refractivity contribution in [1.29, 1.82) is 0 Å². The van der Waals surface area contributed by atoms with Gasteiger partial charge in [-0.05, 0) is 6.42 Å². The Morgan fingerprint density at radius 1 is 1.58 bits per heavy atom. The summed E-state index contributed by atoms with van der Waals surface area (Å²) in [5.41, 5.74) is 6.75. The van der Waals surface area contributed by atoms with Crippen LogP contribution in [0.3, 0.4) is 0 Å². The van der Waals surface area contributed by atoms with Crippen LogP contribution in [0, 0.1) is 0 Å². The van der Waals surface area contributed by atoms with Crippen molar-refractivity contribution in [2.24, 2.45) is 5.73 Å². The number of aryl methyl sites for hydroxylation is 1. The highest BCUT2D eigenvalue weighted by molar-refractivity contribution is 5.47. The molecule has 0 amide bonds. The lowest BCUT2D eigenvalue weighted by Crippen LogP contribution is -2.29. The van der Waals surface area contributed by atoms with Gasteiger partial charge in [0.25, 0.3) is 0 Å². The molecule has 0 spiro atoms. The van der Waals surface area contributed by atoms with Gasteiger partial charge >= 0.3 is 0 Å². The molecule has 0 aliphatic carbocycles. The maximum Gasteiger partial charge on any atom is 0.131 e. The van der Waals surface area contributed by atoms with Crippen molar-refractivity contribution in [3.63, 3.8) is 0 Å². The number of anilines is 1. The molecule has 0 aromatic carbocycles. The Morgan fingerprint density at radius 3 is 3.17 bits per heavy atom. The Labute approximate surface area is 72.0 Å². The van der Waals surface area contributed by atoms with E-state index in [0.717, 1.165) is 18.7 Å². The fourth-order valence-electron chi connectivity index (χ4n) is 1.73. The third-order valence-corrected chi connectivity index (χ3v) is 2.33. The van der Waals surface area contributed by atoms with E-state index in [-0.39, 0.29) is 0 Å². The number of nitrogens with two attached hydrogens (primary N) is 1. The third-order valence-electron chi connectivity index (χ3n) is 2.33. The Balaban J connectivity index is 2.43. The average molecular weight is 166 g/mol. The van der Waals surface area contributed by atoms with E-state index in [1.807, 2.05) is 10.9 Å². The second-order valence-corrected chi connectivity index (χ2v) is 3.20. The molecule has 0 saturated carbocycles. The summed E-state index contributed by atoms with van der Waals surface area (Å²) >= 11 is 0. The topological polar surface area (TPSA) is 47.1 Å². The quantitative estimate of drug-likeness (QED) is 0.647. The first kappa shape index (κ1) is 7.61. The van der Waals surface area contributed by atoms with Crippen molar-refractivity contribution in [2.75, 3.05) is 18.5 Å². The normalized spacial score (nSPS) is 16.3. The van der Waals surface area contributed by atoms with Crippen molar-refractivity contribution in [3.8, 4) is 0 Å². The van der Waals surface area contributed by atoms with Gasteiger partial charge in [0.15, 0.2) is 0 Å². The van der Waals surface area contributed by atoms with Crippen LogP contribution in [0.15, 0.2) is 6.20 Å². The molecule has 2 heterocycles. The van der Waals surface area contributed by atoms with Gasteiger partial charge in [0, 0.05) is 32.2 Å². The molecule has 0 saturated heterocycles. The van der Waals surface area contributed by atoms with Gasteiger partial charge in [-0.1, -0.05) is 0 Å². The molecule has 0 unspecified atom stereocenters. The highest BCUT2D eigenvalue weighted by Crippen LogP contribution is 2.22. The summed E-state index contributed by atoms with van der Waals surface area (Å²) in [6.45, 7) is 2.72. The number of aromatic nitrogens is 2. The SMILES string of the molecule is CN1CCCn2ncc(CN)c21. The molecule has 12 heavy (non-hydrogen) atoms. The fraction of sp³-hybridized carbons (Fsp3) is 0.625. The number of hydrogen-bond donors (Lipinski definition) is 1. The van der Waals surface area contributed by atoms with E-state index < -0.39 is 0 Å². The molecular weight excluding hydrogens is 152 g/mol. The molecule has 0 radical (unpaired) electrons. The Kier molecular flexibility index (Phi) is 1.77. The van der Waals surface area contributed by atoms with Crippen LogP contribution in [0.4, 0.5) is 5.82 Å². The maximum absolute atomic E-state index is 5.60. The van der Waals surface area contributed by atoms with Gasteiger partial charge in [-0.2, -0.15) is 5.10 Å². The molecule has 2 rings (SSSR count). The minimum absolute atomic E-state index is 0.583. The molecule has 1 aromatic rings. The van der Waals surface area contributed by atoms with Crippen LogP contribution >= 0.6 is 0 Å². The second-order valence-electron chi connectivity index (χ2n) is 3.20. The van der Waals surface area contributed by atoms with Gasteiger partial charge in [-0.3, -0.25) is 0 Å². The van der Waals surface area contributed by atoms with E-state index in [2.05, 4.69) is 17.0 Å². The molecule has 4 heteroatoms.